The van der Waals surface area contributed by atoms with Gasteiger partial charge in [0.2, 0.25) is 5.91 Å². The molecule has 9 heteroatoms. The summed E-state index contributed by atoms with van der Waals surface area (Å²) in [4.78, 5) is 25.3. The zero-order valence-corrected chi connectivity index (χ0v) is 23.7. The second kappa shape index (κ2) is 13.1. The Kier molecular flexibility index (Phi) is 9.26. The van der Waals surface area contributed by atoms with Crippen LogP contribution in [0.3, 0.4) is 0 Å². The van der Waals surface area contributed by atoms with Crippen molar-refractivity contribution in [1.29, 1.82) is 0 Å². The molecule has 2 N–H and O–H groups in total. The lowest BCUT2D eigenvalue weighted by molar-refractivity contribution is -0.137. The highest BCUT2D eigenvalue weighted by molar-refractivity contribution is 6.16. The van der Waals surface area contributed by atoms with E-state index in [-0.39, 0.29) is 5.91 Å². The van der Waals surface area contributed by atoms with Crippen LogP contribution in [0.5, 0.6) is 0 Å². The van der Waals surface area contributed by atoms with Crippen LogP contribution in [-0.4, -0.2) is 40.5 Å². The van der Waals surface area contributed by atoms with E-state index < -0.39 is 29.9 Å². The Labute approximate surface area is 244 Å². The molecule has 42 heavy (non-hydrogen) atoms. The van der Waals surface area contributed by atoms with Gasteiger partial charge in [0.25, 0.3) is 0 Å². The average molecular weight is 579 g/mol. The van der Waals surface area contributed by atoms with Gasteiger partial charge in [-0.2, -0.15) is 13.2 Å². The van der Waals surface area contributed by atoms with Crippen molar-refractivity contribution in [3.8, 4) is 0 Å². The van der Waals surface area contributed by atoms with Crippen molar-refractivity contribution in [3.05, 3.63) is 95.3 Å². The fourth-order valence-electron chi connectivity index (χ4n) is 5.52. The molecule has 3 atom stereocenters. The number of fused-ring (bicyclic) bond motifs is 1. The van der Waals surface area contributed by atoms with Gasteiger partial charge in [0.05, 0.1) is 42.1 Å². The van der Waals surface area contributed by atoms with Gasteiger partial charge < -0.3 is 15.3 Å². The molecule has 2 heterocycles. The molecule has 2 aromatic carbocycles. The molecule has 2 aliphatic rings. The number of aliphatic hydroxyl groups is 1. The van der Waals surface area contributed by atoms with Crippen LogP contribution in [0.2, 0.25) is 0 Å². The normalized spacial score (nSPS) is 18.5. The molecule has 222 valence electrons. The third-order valence-corrected chi connectivity index (χ3v) is 7.99. The van der Waals surface area contributed by atoms with E-state index in [0.717, 1.165) is 54.8 Å². The molecule has 1 fully saturated rings. The largest absolute Gasteiger partial charge is 0.416 e. The predicted molar refractivity (Wildman–Crippen MR) is 157 cm³/mol. The van der Waals surface area contributed by atoms with E-state index >= 15 is 0 Å². The van der Waals surface area contributed by atoms with Crippen LogP contribution < -0.4 is 10.2 Å². The molecule has 1 amide bonds. The number of hydrogen-bond acceptors (Lipinski definition) is 5. The number of carbonyl (C=O) groups excluding carboxylic acids is 1. The standard InChI is InChI=1S/C33H37F3N4O2/c1-2-3-11-29(41)27(19-22-12-13-22)32(42)39-30-21-40(20-25-8-6-7-18-37-25)28-10-5-4-9-26(28)31(38-30)23-14-16-24(17-15-23)33(34,35)36/h4-10,14-18,22,27,29-30,41H,2-3,11-13,19-21H2,1H3,(H,39,42). The van der Waals surface area contributed by atoms with Crippen molar-refractivity contribution in [2.45, 2.75) is 70.4 Å². The van der Waals surface area contributed by atoms with Crippen molar-refractivity contribution < 1.29 is 23.1 Å². The maximum Gasteiger partial charge on any atom is 0.416 e. The third kappa shape index (κ3) is 7.37. The van der Waals surface area contributed by atoms with Gasteiger partial charge in [0.1, 0.15) is 6.17 Å². The lowest BCUT2D eigenvalue weighted by atomic mass is 9.91. The number of hydrogen-bond donors (Lipinski definition) is 2. The van der Waals surface area contributed by atoms with E-state index in [1.54, 1.807) is 6.20 Å². The van der Waals surface area contributed by atoms with Gasteiger partial charge in [-0.1, -0.05) is 69.0 Å². The van der Waals surface area contributed by atoms with Gasteiger partial charge in [-0.25, -0.2) is 0 Å². The molecule has 0 saturated heterocycles. The summed E-state index contributed by atoms with van der Waals surface area (Å²) in [6.45, 7) is 2.83. The molecule has 1 aliphatic heterocycles. The fraction of sp³-hybridized carbons (Fsp3) is 0.424. The van der Waals surface area contributed by atoms with E-state index in [0.29, 0.717) is 43.1 Å². The first-order valence-corrected chi connectivity index (χ1v) is 14.7. The number of nitrogens with one attached hydrogen (secondary N) is 1. The Morgan fingerprint density at radius 1 is 1.07 bits per heavy atom. The number of benzodiazepines with no additional fused rings is 1. The van der Waals surface area contributed by atoms with Crippen LogP contribution in [0, 0.1) is 11.8 Å². The molecule has 1 saturated carbocycles. The Hall–Kier alpha value is -3.72. The highest BCUT2D eigenvalue weighted by Gasteiger charge is 2.36. The van der Waals surface area contributed by atoms with Crippen molar-refractivity contribution in [3.63, 3.8) is 0 Å². The Morgan fingerprint density at radius 2 is 1.81 bits per heavy atom. The lowest BCUT2D eigenvalue weighted by Crippen LogP contribution is -2.47. The van der Waals surface area contributed by atoms with Gasteiger partial charge >= 0.3 is 6.18 Å². The van der Waals surface area contributed by atoms with E-state index in [1.807, 2.05) is 42.5 Å². The molecule has 0 radical (unpaired) electrons. The number of aliphatic imine (C=N–C) groups is 1. The third-order valence-electron chi connectivity index (χ3n) is 7.99. The molecule has 0 spiro atoms. The van der Waals surface area contributed by atoms with Crippen molar-refractivity contribution >= 4 is 17.3 Å². The van der Waals surface area contributed by atoms with Crippen LogP contribution in [-0.2, 0) is 17.5 Å². The van der Waals surface area contributed by atoms with Crippen LogP contribution in [0.4, 0.5) is 18.9 Å². The summed E-state index contributed by atoms with van der Waals surface area (Å²) >= 11 is 0. The van der Waals surface area contributed by atoms with Crippen LogP contribution in [0.15, 0.2) is 77.9 Å². The maximum absolute atomic E-state index is 13.7. The number of para-hydroxylation sites is 1. The van der Waals surface area contributed by atoms with Gasteiger partial charge in [0, 0.05) is 23.0 Å². The second-order valence-corrected chi connectivity index (χ2v) is 11.3. The maximum atomic E-state index is 13.7. The van der Waals surface area contributed by atoms with E-state index in [9.17, 15) is 23.1 Å². The minimum Gasteiger partial charge on any atom is -0.392 e. The minimum atomic E-state index is -4.45. The molecule has 3 aromatic rings. The number of aliphatic hydroxyl groups excluding tert-OH is 1. The molecular formula is C33H37F3N4O2. The fourth-order valence-corrected chi connectivity index (χ4v) is 5.52. The highest BCUT2D eigenvalue weighted by Crippen LogP contribution is 2.37. The first-order chi connectivity index (χ1) is 20.2. The number of nitrogens with zero attached hydrogens (tertiary/aromatic N) is 3. The van der Waals surface area contributed by atoms with Crippen molar-refractivity contribution in [2.24, 2.45) is 16.8 Å². The zero-order chi connectivity index (χ0) is 29.7. The summed E-state index contributed by atoms with van der Waals surface area (Å²) in [7, 11) is 0. The first kappa shape index (κ1) is 29.8. The average Bonchev–Trinajstić information content (AvgIpc) is 3.82. The van der Waals surface area contributed by atoms with Crippen molar-refractivity contribution in [2.75, 3.05) is 11.4 Å². The van der Waals surface area contributed by atoms with E-state index in [1.165, 1.54) is 12.1 Å². The molecular weight excluding hydrogens is 541 g/mol. The number of alkyl halides is 3. The number of carbonyl (C=O) groups is 1. The number of benzene rings is 2. The van der Waals surface area contributed by atoms with Gasteiger partial charge in [-0.15, -0.1) is 0 Å². The highest BCUT2D eigenvalue weighted by atomic mass is 19.4. The first-order valence-electron chi connectivity index (χ1n) is 14.7. The van der Waals surface area contributed by atoms with E-state index in [4.69, 9.17) is 4.99 Å². The summed E-state index contributed by atoms with van der Waals surface area (Å²) in [5.74, 6) is -0.333. The number of rotatable bonds is 11. The molecule has 1 aromatic heterocycles. The summed E-state index contributed by atoms with van der Waals surface area (Å²) in [5.41, 5.74) is 2.71. The molecule has 5 rings (SSSR count). The smallest absolute Gasteiger partial charge is 0.392 e. The monoisotopic (exact) mass is 578 g/mol. The SMILES string of the molecule is CCCCC(O)C(CC1CC1)C(=O)NC1CN(Cc2ccccn2)c2ccccc2C(c2ccc(C(F)(F)F)cc2)=N1. The van der Waals surface area contributed by atoms with Crippen LogP contribution in [0.25, 0.3) is 0 Å². The van der Waals surface area contributed by atoms with Crippen LogP contribution in [0.1, 0.15) is 67.8 Å². The molecule has 3 unspecified atom stereocenters. The lowest BCUT2D eigenvalue weighted by Gasteiger charge is -2.29. The summed E-state index contributed by atoms with van der Waals surface area (Å²) < 4.78 is 40.0. The van der Waals surface area contributed by atoms with Crippen LogP contribution >= 0.6 is 0 Å². The summed E-state index contributed by atoms with van der Waals surface area (Å²) in [6.07, 6.45) is 0.924. The Bertz CT molecular complexity index is 1370. The zero-order valence-electron chi connectivity index (χ0n) is 23.7. The molecule has 0 bridgehead atoms. The second-order valence-electron chi connectivity index (χ2n) is 11.3. The number of pyridine rings is 1. The quantitative estimate of drug-likeness (QED) is 0.277. The van der Waals surface area contributed by atoms with Gasteiger partial charge in [-0.3, -0.25) is 14.8 Å². The van der Waals surface area contributed by atoms with Gasteiger partial charge in [-0.05, 0) is 49.1 Å². The van der Waals surface area contributed by atoms with Crippen molar-refractivity contribution in [1.82, 2.24) is 10.3 Å². The Morgan fingerprint density at radius 3 is 2.48 bits per heavy atom. The van der Waals surface area contributed by atoms with Gasteiger partial charge in [0.15, 0.2) is 0 Å². The summed E-state index contributed by atoms with van der Waals surface area (Å²) in [6, 6.07) is 18.3. The number of amides is 1. The van der Waals surface area contributed by atoms with E-state index in [2.05, 4.69) is 22.1 Å². The number of anilines is 1. The molecule has 6 nitrogen and oxygen atoms in total. The number of halogens is 3. The Balaban J connectivity index is 1.51. The number of unbranched alkanes of at least 4 members (excludes halogenated alkanes) is 1. The number of aromatic nitrogens is 1. The summed E-state index contributed by atoms with van der Waals surface area (Å²) in [5, 5.41) is 14.1. The topological polar surface area (TPSA) is 77.8 Å². The molecule has 1 aliphatic carbocycles. The predicted octanol–water partition coefficient (Wildman–Crippen LogP) is 6.37. The minimum absolute atomic E-state index is 0.241.